The van der Waals surface area contributed by atoms with Gasteiger partial charge in [0.2, 0.25) is 5.91 Å². The Bertz CT molecular complexity index is 987. The molecular formula is C22H24ClN3O2. The molecule has 0 radical (unpaired) electrons. The highest BCUT2D eigenvalue weighted by Gasteiger charge is 2.23. The van der Waals surface area contributed by atoms with Crippen LogP contribution in [0.1, 0.15) is 36.9 Å². The van der Waals surface area contributed by atoms with Crippen molar-refractivity contribution in [1.29, 1.82) is 0 Å². The number of phenolic OH excluding ortho intramolecular Hbond substituents is 1. The molecule has 1 heterocycles. The maximum atomic E-state index is 12.4. The molecular weight excluding hydrogens is 374 g/mol. The van der Waals surface area contributed by atoms with Crippen LogP contribution in [0.5, 0.6) is 5.75 Å². The van der Waals surface area contributed by atoms with Crippen molar-refractivity contribution in [3.8, 4) is 5.75 Å². The van der Waals surface area contributed by atoms with E-state index in [1.807, 2.05) is 56.3 Å². The van der Waals surface area contributed by atoms with E-state index in [9.17, 15) is 9.90 Å². The van der Waals surface area contributed by atoms with Crippen LogP contribution in [0.3, 0.4) is 0 Å². The zero-order valence-corrected chi connectivity index (χ0v) is 17.0. The van der Waals surface area contributed by atoms with E-state index in [1.54, 1.807) is 18.3 Å². The van der Waals surface area contributed by atoms with Crippen molar-refractivity contribution in [1.82, 2.24) is 10.3 Å². The number of hydrogen-bond acceptors (Lipinski definition) is 4. The molecule has 0 aliphatic rings. The van der Waals surface area contributed by atoms with Crippen LogP contribution in [0.25, 0.3) is 10.9 Å². The van der Waals surface area contributed by atoms with Gasteiger partial charge in [-0.15, -0.1) is 0 Å². The molecule has 0 aliphatic carbocycles. The van der Waals surface area contributed by atoms with Gasteiger partial charge in [0, 0.05) is 43.4 Å². The van der Waals surface area contributed by atoms with Crippen LogP contribution < -0.4 is 10.2 Å². The second-order valence-electron chi connectivity index (χ2n) is 6.93. The lowest BCUT2D eigenvalue weighted by Crippen LogP contribution is -2.29. The zero-order valence-electron chi connectivity index (χ0n) is 16.2. The number of pyridine rings is 1. The highest BCUT2D eigenvalue weighted by molar-refractivity contribution is 6.35. The number of halogens is 1. The summed E-state index contributed by atoms with van der Waals surface area (Å²) in [4.78, 5) is 18.7. The van der Waals surface area contributed by atoms with Crippen molar-refractivity contribution in [2.45, 2.75) is 25.8 Å². The van der Waals surface area contributed by atoms with Gasteiger partial charge in [-0.05, 0) is 42.3 Å². The van der Waals surface area contributed by atoms with Crippen LogP contribution in [0.15, 0.2) is 48.7 Å². The Balaban J connectivity index is 2.12. The minimum Gasteiger partial charge on any atom is -0.505 e. The molecule has 1 amide bonds. The third-order valence-corrected chi connectivity index (χ3v) is 4.99. The van der Waals surface area contributed by atoms with Crippen LogP contribution in [-0.2, 0) is 4.79 Å². The van der Waals surface area contributed by atoms with E-state index in [0.29, 0.717) is 27.9 Å². The Morgan fingerprint density at radius 2 is 1.96 bits per heavy atom. The highest BCUT2D eigenvalue weighted by Crippen LogP contribution is 2.38. The van der Waals surface area contributed by atoms with E-state index >= 15 is 0 Å². The van der Waals surface area contributed by atoms with Crippen molar-refractivity contribution in [3.05, 3.63) is 64.8 Å². The number of carbonyl (C=O) groups excluding carboxylic acids is 1. The number of phenols is 1. The summed E-state index contributed by atoms with van der Waals surface area (Å²) in [5.41, 5.74) is 2.85. The molecule has 0 fully saturated rings. The summed E-state index contributed by atoms with van der Waals surface area (Å²) in [7, 11) is 3.94. The van der Waals surface area contributed by atoms with E-state index < -0.39 is 6.04 Å². The first-order chi connectivity index (χ1) is 13.4. The predicted molar refractivity (Wildman–Crippen MR) is 114 cm³/mol. The van der Waals surface area contributed by atoms with Crippen molar-refractivity contribution < 1.29 is 9.90 Å². The van der Waals surface area contributed by atoms with Crippen molar-refractivity contribution in [2.24, 2.45) is 0 Å². The molecule has 2 N–H and O–H groups in total. The van der Waals surface area contributed by atoms with Gasteiger partial charge in [-0.2, -0.15) is 0 Å². The fraction of sp³-hybridized carbons (Fsp3) is 0.273. The van der Waals surface area contributed by atoms with Crippen molar-refractivity contribution >= 4 is 34.1 Å². The Morgan fingerprint density at radius 3 is 2.61 bits per heavy atom. The smallest absolute Gasteiger partial charge is 0.220 e. The maximum Gasteiger partial charge on any atom is 0.220 e. The van der Waals surface area contributed by atoms with E-state index in [-0.39, 0.29) is 11.7 Å². The summed E-state index contributed by atoms with van der Waals surface area (Å²) in [6, 6.07) is 12.6. The number of aromatic nitrogens is 1. The Labute approximate surface area is 170 Å². The van der Waals surface area contributed by atoms with Gasteiger partial charge in [0.1, 0.15) is 11.3 Å². The lowest BCUT2D eigenvalue weighted by atomic mass is 9.95. The van der Waals surface area contributed by atoms with Gasteiger partial charge < -0.3 is 15.3 Å². The number of hydrogen-bond donors (Lipinski definition) is 2. The average molecular weight is 398 g/mol. The quantitative estimate of drug-likeness (QED) is 0.634. The standard InChI is InChI=1S/C22H24ClN3O2/c1-4-6-19(27)25-20(14-8-10-15(11-9-14)26(2)3)17-13-18(23)16-7-5-12-24-21(16)22(17)28/h5,7-13,20,28H,4,6H2,1-3H3,(H,25,27). The van der Waals surface area contributed by atoms with Crippen molar-refractivity contribution in [3.63, 3.8) is 0 Å². The summed E-state index contributed by atoms with van der Waals surface area (Å²) in [5.74, 6) is -0.0562. The molecule has 0 bridgehead atoms. The molecule has 0 saturated carbocycles. The lowest BCUT2D eigenvalue weighted by molar-refractivity contribution is -0.121. The highest BCUT2D eigenvalue weighted by atomic mass is 35.5. The fourth-order valence-corrected chi connectivity index (χ4v) is 3.46. The third-order valence-electron chi connectivity index (χ3n) is 4.68. The third kappa shape index (κ3) is 4.04. The molecule has 2 aromatic carbocycles. The number of fused-ring (bicyclic) bond motifs is 1. The summed E-state index contributed by atoms with van der Waals surface area (Å²) in [6.45, 7) is 1.95. The Kier molecular flexibility index (Phi) is 6.05. The molecule has 0 aliphatic heterocycles. The van der Waals surface area contributed by atoms with Crippen LogP contribution in [0.4, 0.5) is 5.69 Å². The molecule has 1 atom stereocenters. The minimum absolute atomic E-state index is 0.0264. The summed E-state index contributed by atoms with van der Waals surface area (Å²) >= 11 is 6.46. The Morgan fingerprint density at radius 1 is 1.25 bits per heavy atom. The number of benzene rings is 2. The number of carbonyl (C=O) groups is 1. The largest absolute Gasteiger partial charge is 0.505 e. The predicted octanol–water partition coefficient (Wildman–Crippen LogP) is 4.67. The van der Waals surface area contributed by atoms with Gasteiger partial charge in [0.05, 0.1) is 11.1 Å². The lowest BCUT2D eigenvalue weighted by Gasteiger charge is -2.23. The second-order valence-corrected chi connectivity index (χ2v) is 7.34. The number of nitrogens with one attached hydrogen (secondary N) is 1. The van der Waals surface area contributed by atoms with Crippen LogP contribution in [0, 0.1) is 0 Å². The molecule has 0 spiro atoms. The number of anilines is 1. The second kappa shape index (κ2) is 8.48. The first-order valence-electron chi connectivity index (χ1n) is 9.25. The molecule has 0 saturated heterocycles. The first kappa shape index (κ1) is 20.0. The van der Waals surface area contributed by atoms with Gasteiger partial charge in [0.15, 0.2) is 0 Å². The zero-order chi connectivity index (χ0) is 20.3. The molecule has 1 aromatic heterocycles. The minimum atomic E-state index is -0.529. The summed E-state index contributed by atoms with van der Waals surface area (Å²) in [6.07, 6.45) is 2.76. The monoisotopic (exact) mass is 397 g/mol. The van der Waals surface area contributed by atoms with Crippen LogP contribution in [0.2, 0.25) is 5.02 Å². The van der Waals surface area contributed by atoms with Gasteiger partial charge in [-0.3, -0.25) is 9.78 Å². The molecule has 3 rings (SSSR count). The van der Waals surface area contributed by atoms with E-state index in [4.69, 9.17) is 11.6 Å². The summed E-state index contributed by atoms with van der Waals surface area (Å²) in [5, 5.41) is 15.1. The van der Waals surface area contributed by atoms with Crippen molar-refractivity contribution in [2.75, 3.05) is 19.0 Å². The van der Waals surface area contributed by atoms with Gasteiger partial charge in [-0.25, -0.2) is 0 Å². The van der Waals surface area contributed by atoms with Crippen LogP contribution >= 0.6 is 11.6 Å². The first-order valence-corrected chi connectivity index (χ1v) is 9.63. The molecule has 28 heavy (non-hydrogen) atoms. The Hall–Kier alpha value is -2.79. The molecule has 3 aromatic rings. The van der Waals surface area contributed by atoms with Gasteiger partial charge >= 0.3 is 0 Å². The number of aromatic hydroxyl groups is 1. The van der Waals surface area contributed by atoms with E-state index in [1.165, 1.54) is 0 Å². The summed E-state index contributed by atoms with van der Waals surface area (Å²) < 4.78 is 0. The molecule has 146 valence electrons. The van der Waals surface area contributed by atoms with E-state index in [0.717, 1.165) is 17.7 Å². The average Bonchev–Trinajstić information content (AvgIpc) is 2.69. The van der Waals surface area contributed by atoms with Crippen LogP contribution in [-0.4, -0.2) is 30.1 Å². The van der Waals surface area contributed by atoms with E-state index in [2.05, 4.69) is 10.3 Å². The SMILES string of the molecule is CCCC(=O)NC(c1ccc(N(C)C)cc1)c1cc(Cl)c2cccnc2c1O. The molecule has 6 heteroatoms. The fourth-order valence-electron chi connectivity index (χ4n) is 3.19. The normalized spacial score (nSPS) is 12.0. The molecule has 1 unspecified atom stereocenters. The maximum absolute atomic E-state index is 12.4. The number of amides is 1. The molecule has 5 nitrogen and oxygen atoms in total. The topological polar surface area (TPSA) is 65.5 Å². The number of rotatable bonds is 6. The van der Waals surface area contributed by atoms with Gasteiger partial charge in [-0.1, -0.05) is 30.7 Å². The van der Waals surface area contributed by atoms with Gasteiger partial charge in [0.25, 0.3) is 0 Å². The number of nitrogens with zero attached hydrogens (tertiary/aromatic N) is 2.